The fourth-order valence-electron chi connectivity index (χ4n) is 4.80. The number of hydrogen-bond acceptors (Lipinski definition) is 6. The minimum absolute atomic E-state index is 0.00317. The molecule has 0 saturated carbocycles. The monoisotopic (exact) mass is 583 g/mol. The molecule has 0 spiro atoms. The molecule has 4 rings (SSSR count). The zero-order valence-corrected chi connectivity index (χ0v) is 24.1. The number of benzene rings is 3. The predicted octanol–water partition coefficient (Wildman–Crippen LogP) is 5.42. The zero-order chi connectivity index (χ0) is 28.7. The van der Waals surface area contributed by atoms with Crippen LogP contribution in [-0.4, -0.2) is 40.0 Å². The second kappa shape index (κ2) is 13.3. The van der Waals surface area contributed by atoms with Gasteiger partial charge in [0.2, 0.25) is 15.9 Å². The third kappa shape index (κ3) is 7.21. The quantitative estimate of drug-likeness (QED) is 0.244. The van der Waals surface area contributed by atoms with Crippen LogP contribution in [0, 0.1) is 5.92 Å². The molecule has 1 heterocycles. The number of nitrogens with zero attached hydrogens (tertiary/aromatic N) is 1. The number of halogens is 1. The van der Waals surface area contributed by atoms with E-state index in [2.05, 4.69) is 10.0 Å². The first-order valence-electron chi connectivity index (χ1n) is 13.3. The van der Waals surface area contributed by atoms with E-state index in [-0.39, 0.29) is 23.4 Å². The summed E-state index contributed by atoms with van der Waals surface area (Å²) in [5.41, 5.74) is 2.18. The van der Waals surface area contributed by atoms with Gasteiger partial charge in [0, 0.05) is 24.8 Å². The van der Waals surface area contributed by atoms with Crippen molar-refractivity contribution in [2.45, 2.75) is 43.0 Å². The third-order valence-corrected chi connectivity index (χ3v) is 8.87. The lowest BCUT2D eigenvalue weighted by molar-refractivity contribution is -0.148. The number of alkyl halides is 1. The molecule has 3 atom stereocenters. The summed E-state index contributed by atoms with van der Waals surface area (Å²) in [5, 5.41) is 1.80. The van der Waals surface area contributed by atoms with Crippen LogP contribution in [0.25, 0.3) is 0 Å². The van der Waals surface area contributed by atoms with Gasteiger partial charge in [-0.05, 0) is 56.0 Å². The van der Waals surface area contributed by atoms with Gasteiger partial charge in [-0.3, -0.25) is 9.59 Å². The maximum absolute atomic E-state index is 13.8. The first-order valence-corrected chi connectivity index (χ1v) is 15.2. The summed E-state index contributed by atoms with van der Waals surface area (Å²) < 4.78 is 35.6. The van der Waals surface area contributed by atoms with E-state index < -0.39 is 27.3 Å². The predicted molar refractivity (Wildman–Crippen MR) is 157 cm³/mol. The SMILES string of the molecule is CCOC(=O)[C@@H]1CCCN(c2ccc(NC(=O)[C@@H](Cl)c3ccccc3)cc2S(=O)(=O)N[C@H](C)c2ccccc2)C1. The highest BCUT2D eigenvalue weighted by molar-refractivity contribution is 7.89. The van der Waals surface area contributed by atoms with Crippen LogP contribution in [0.15, 0.2) is 83.8 Å². The largest absolute Gasteiger partial charge is 0.466 e. The number of esters is 1. The summed E-state index contributed by atoms with van der Waals surface area (Å²) in [6, 6.07) is 22.4. The number of ether oxygens (including phenoxy) is 1. The fourth-order valence-corrected chi connectivity index (χ4v) is 6.48. The molecule has 0 unspecified atom stereocenters. The lowest BCUT2D eigenvalue weighted by atomic mass is 9.97. The molecule has 1 amide bonds. The van der Waals surface area contributed by atoms with Gasteiger partial charge in [-0.2, -0.15) is 0 Å². The van der Waals surface area contributed by atoms with Gasteiger partial charge in [-0.1, -0.05) is 60.7 Å². The average Bonchev–Trinajstić information content (AvgIpc) is 2.97. The molecule has 1 aliphatic heterocycles. The Bertz CT molecular complexity index is 1420. The van der Waals surface area contributed by atoms with Crippen molar-refractivity contribution in [3.63, 3.8) is 0 Å². The molecular weight excluding hydrogens is 550 g/mol. The van der Waals surface area contributed by atoms with Crippen molar-refractivity contribution in [2.24, 2.45) is 5.92 Å². The highest BCUT2D eigenvalue weighted by Gasteiger charge is 2.31. The number of anilines is 2. The number of sulfonamides is 1. The van der Waals surface area contributed by atoms with Gasteiger partial charge in [-0.15, -0.1) is 11.6 Å². The lowest BCUT2D eigenvalue weighted by Gasteiger charge is -2.34. The molecular formula is C30H34ClN3O5S. The Morgan fingerprint density at radius 3 is 2.33 bits per heavy atom. The maximum Gasteiger partial charge on any atom is 0.310 e. The Balaban J connectivity index is 1.66. The summed E-state index contributed by atoms with van der Waals surface area (Å²) in [6.45, 7) is 4.73. The minimum atomic E-state index is -4.06. The van der Waals surface area contributed by atoms with Crippen LogP contribution in [-0.2, 0) is 24.3 Å². The molecule has 1 aliphatic rings. The van der Waals surface area contributed by atoms with E-state index in [1.165, 1.54) is 6.07 Å². The Morgan fingerprint density at radius 2 is 1.68 bits per heavy atom. The number of rotatable bonds is 10. The Kier molecular flexibility index (Phi) is 9.84. The van der Waals surface area contributed by atoms with Gasteiger partial charge >= 0.3 is 5.97 Å². The number of hydrogen-bond donors (Lipinski definition) is 2. The van der Waals surface area contributed by atoms with E-state index in [4.69, 9.17) is 16.3 Å². The molecule has 0 aliphatic carbocycles. The van der Waals surface area contributed by atoms with Crippen molar-refractivity contribution >= 4 is 44.9 Å². The standard InChI is InChI=1S/C30H34ClN3O5S/c1-3-39-30(36)24-15-10-18-34(20-24)26-17-16-25(32-29(35)28(31)23-13-8-5-9-14-23)19-27(26)40(37,38)33-21(2)22-11-6-4-7-12-22/h4-9,11-14,16-17,19,21,24,28,33H,3,10,15,18,20H2,1-2H3,(H,32,35)/t21-,24-,28+/m1/s1. The van der Waals surface area contributed by atoms with E-state index in [1.807, 2.05) is 41.3 Å². The van der Waals surface area contributed by atoms with E-state index in [9.17, 15) is 18.0 Å². The molecule has 0 aromatic heterocycles. The number of piperidine rings is 1. The number of carbonyl (C=O) groups excluding carboxylic acids is 2. The van der Waals surface area contributed by atoms with Crippen molar-refractivity contribution in [1.82, 2.24) is 4.72 Å². The van der Waals surface area contributed by atoms with Gasteiger partial charge in [0.15, 0.2) is 0 Å². The summed E-state index contributed by atoms with van der Waals surface area (Å²) in [5.74, 6) is -1.12. The van der Waals surface area contributed by atoms with Gasteiger partial charge in [-0.25, -0.2) is 13.1 Å². The molecule has 0 bridgehead atoms. The van der Waals surface area contributed by atoms with Crippen LogP contribution < -0.4 is 14.9 Å². The zero-order valence-electron chi connectivity index (χ0n) is 22.5. The minimum Gasteiger partial charge on any atom is -0.466 e. The summed E-state index contributed by atoms with van der Waals surface area (Å²) in [4.78, 5) is 27.3. The van der Waals surface area contributed by atoms with Crippen LogP contribution in [0.4, 0.5) is 11.4 Å². The van der Waals surface area contributed by atoms with E-state index >= 15 is 0 Å². The van der Waals surface area contributed by atoms with Crippen LogP contribution >= 0.6 is 11.6 Å². The highest BCUT2D eigenvalue weighted by Crippen LogP contribution is 2.33. The molecule has 8 nitrogen and oxygen atoms in total. The molecule has 1 fully saturated rings. The van der Waals surface area contributed by atoms with Crippen molar-refractivity contribution in [1.29, 1.82) is 0 Å². The van der Waals surface area contributed by atoms with Gasteiger partial charge < -0.3 is 15.0 Å². The highest BCUT2D eigenvalue weighted by atomic mass is 35.5. The van der Waals surface area contributed by atoms with Crippen molar-refractivity contribution in [2.75, 3.05) is 29.9 Å². The Labute approximate surface area is 240 Å². The molecule has 10 heteroatoms. The normalized spacial score (nSPS) is 17.1. The molecule has 3 aromatic carbocycles. The molecule has 2 N–H and O–H groups in total. The van der Waals surface area contributed by atoms with Gasteiger partial charge in [0.1, 0.15) is 10.3 Å². The van der Waals surface area contributed by atoms with E-state index in [0.717, 1.165) is 5.56 Å². The Morgan fingerprint density at radius 1 is 1.02 bits per heavy atom. The first-order chi connectivity index (χ1) is 19.2. The Hall–Kier alpha value is -3.40. The molecule has 40 heavy (non-hydrogen) atoms. The van der Waals surface area contributed by atoms with Crippen molar-refractivity contribution in [3.05, 3.63) is 90.0 Å². The van der Waals surface area contributed by atoms with Gasteiger partial charge in [0.25, 0.3) is 0 Å². The van der Waals surface area contributed by atoms with Crippen molar-refractivity contribution in [3.8, 4) is 0 Å². The summed E-state index contributed by atoms with van der Waals surface area (Å²) >= 11 is 6.40. The van der Waals surface area contributed by atoms with E-state index in [0.29, 0.717) is 42.9 Å². The second-order valence-electron chi connectivity index (χ2n) is 9.74. The first kappa shape index (κ1) is 29.6. The number of carbonyl (C=O) groups is 2. The molecule has 0 radical (unpaired) electrons. The summed E-state index contributed by atoms with van der Waals surface area (Å²) in [7, 11) is -4.06. The lowest BCUT2D eigenvalue weighted by Crippen LogP contribution is -2.40. The second-order valence-corrected chi connectivity index (χ2v) is 11.9. The van der Waals surface area contributed by atoms with E-state index in [1.54, 1.807) is 50.2 Å². The molecule has 3 aromatic rings. The molecule has 212 valence electrons. The van der Waals surface area contributed by atoms with Crippen LogP contribution in [0.3, 0.4) is 0 Å². The summed E-state index contributed by atoms with van der Waals surface area (Å²) in [6.07, 6.45) is 1.38. The average molecular weight is 584 g/mol. The maximum atomic E-state index is 13.8. The number of amides is 1. The smallest absolute Gasteiger partial charge is 0.310 e. The van der Waals surface area contributed by atoms with Gasteiger partial charge in [0.05, 0.1) is 18.2 Å². The topological polar surface area (TPSA) is 105 Å². The number of nitrogens with one attached hydrogen (secondary N) is 2. The van der Waals surface area contributed by atoms with Crippen LogP contribution in [0.2, 0.25) is 0 Å². The fraction of sp³-hybridized carbons (Fsp3) is 0.333. The van der Waals surface area contributed by atoms with Crippen LogP contribution in [0.1, 0.15) is 49.2 Å². The molecule has 1 saturated heterocycles. The van der Waals surface area contributed by atoms with Crippen molar-refractivity contribution < 1.29 is 22.7 Å². The third-order valence-electron chi connectivity index (χ3n) is 6.85. The van der Waals surface area contributed by atoms with Crippen LogP contribution in [0.5, 0.6) is 0 Å².